The van der Waals surface area contributed by atoms with E-state index in [1.54, 1.807) is 24.3 Å². The van der Waals surface area contributed by atoms with Crippen LogP contribution in [0.3, 0.4) is 0 Å². The molecule has 660 valence electrons. The van der Waals surface area contributed by atoms with Gasteiger partial charge in [-0.25, -0.2) is 28.8 Å². The monoisotopic (exact) mass is 1760 g/mol. The van der Waals surface area contributed by atoms with Gasteiger partial charge in [0.05, 0.1) is 33.4 Å². The minimum absolute atomic E-state index is 0.0413. The number of carbonyl (C=O) groups excluding carboxylic acids is 7. The van der Waals surface area contributed by atoms with Crippen LogP contribution in [0.2, 0.25) is 0 Å². The van der Waals surface area contributed by atoms with Crippen molar-refractivity contribution in [3.05, 3.63) is 454 Å². The van der Waals surface area contributed by atoms with Crippen LogP contribution in [0, 0.1) is 0 Å². The maximum absolute atomic E-state index is 15.0. The first-order valence-electron chi connectivity index (χ1n) is 42.4. The second-order valence-corrected chi connectivity index (χ2v) is 30.3. The lowest BCUT2D eigenvalue weighted by Crippen LogP contribution is -2.15. The summed E-state index contributed by atoms with van der Waals surface area (Å²) in [6.45, 7) is 4.24. The summed E-state index contributed by atoms with van der Waals surface area (Å²) < 4.78 is 91.2. The topological polar surface area (TPSA) is 258 Å². The fraction of sp³-hybridized carbons (Fsp3) is 0.118. The second-order valence-electron chi connectivity index (χ2n) is 30.3. The highest BCUT2D eigenvalue weighted by molar-refractivity contribution is 5.99. The highest BCUT2D eigenvalue weighted by Crippen LogP contribution is 2.36. The van der Waals surface area contributed by atoms with E-state index in [2.05, 4.69) is 0 Å². The molecule has 132 heavy (non-hydrogen) atoms. The summed E-state index contributed by atoms with van der Waals surface area (Å²) in [5, 5.41) is 0. The minimum Gasteiger partial charge on any atom is -0.489 e. The van der Waals surface area contributed by atoms with E-state index in [0.29, 0.717) is 0 Å². The van der Waals surface area contributed by atoms with Gasteiger partial charge >= 0.3 is 35.8 Å². The molecule has 1 aliphatic heterocycles. The Kier molecular flexibility index (Phi) is 31.0. The lowest BCUT2D eigenvalue weighted by atomic mass is 10.1. The molecule has 0 bridgehead atoms. The van der Waals surface area contributed by atoms with Crippen LogP contribution in [-0.2, 0) is 57.6 Å². The summed E-state index contributed by atoms with van der Waals surface area (Å²) in [7, 11) is 0. The molecule has 0 unspecified atom stereocenters. The summed E-state index contributed by atoms with van der Waals surface area (Å²) >= 11 is 0. The minimum atomic E-state index is -1.17. The normalized spacial score (nSPS) is 11.2. The van der Waals surface area contributed by atoms with Gasteiger partial charge in [-0.15, -0.1) is 0 Å². The molecule has 22 nitrogen and oxygen atoms in total. The highest BCUT2D eigenvalue weighted by Gasteiger charge is 2.26. The first-order chi connectivity index (χ1) is 64.6. The van der Waals surface area contributed by atoms with Gasteiger partial charge in [-0.05, 0) is 149 Å². The molecule has 1 fully saturated rings. The number of rotatable bonds is 37. The molecule has 22 heteroatoms. The number of Topliss-reactive ketones (excluding diaryl/α,β-unsaturated/α-hetero) is 1. The molecule has 1 heterocycles. The van der Waals surface area contributed by atoms with E-state index in [-0.39, 0.29) is 172 Å². The van der Waals surface area contributed by atoms with Gasteiger partial charge in [0, 0.05) is 61.2 Å². The van der Waals surface area contributed by atoms with Gasteiger partial charge in [-0.1, -0.05) is 243 Å². The van der Waals surface area contributed by atoms with Gasteiger partial charge in [0.1, 0.15) is 133 Å². The number of ketones is 1. The van der Waals surface area contributed by atoms with Crippen molar-refractivity contribution in [3.8, 4) is 80.5 Å². The molecule has 16 rings (SSSR count). The Balaban J connectivity index is 0.00000258. The molecule has 0 saturated carbocycles. The van der Waals surface area contributed by atoms with Crippen LogP contribution in [0.5, 0.6) is 80.5 Å². The molecule has 0 N–H and O–H groups in total. The van der Waals surface area contributed by atoms with Crippen LogP contribution < -0.4 is 66.3 Å². The van der Waals surface area contributed by atoms with Crippen molar-refractivity contribution in [1.29, 1.82) is 0 Å². The average Bonchev–Trinajstić information content (AvgIpc) is 0.818. The number of ether oxygens (including phenoxy) is 15. The predicted molar refractivity (Wildman–Crippen MR) is 491 cm³/mol. The Hall–Kier alpha value is -16.9. The molecule has 0 spiro atoms. The quantitative estimate of drug-likeness (QED) is 0.0199. The Bertz CT molecular complexity index is 5490. The lowest BCUT2D eigenvalue weighted by molar-refractivity contribution is 0.0698. The molecular weight excluding hydrogens is 1670 g/mol. The van der Waals surface area contributed by atoms with E-state index in [1.165, 1.54) is 92.6 Å². The number of esters is 6. The van der Waals surface area contributed by atoms with Crippen molar-refractivity contribution < 1.29 is 105 Å². The number of carbonyl (C=O) groups is 7. The van der Waals surface area contributed by atoms with Gasteiger partial charge in [0.25, 0.3) is 0 Å². The average molecular weight is 1760 g/mol. The summed E-state index contributed by atoms with van der Waals surface area (Å²) in [4.78, 5) is 103. The molecule has 0 amide bonds. The maximum Gasteiger partial charge on any atom is 0.343 e. The zero-order chi connectivity index (χ0) is 91.0. The molecular formula is C110H88O22. The van der Waals surface area contributed by atoms with Gasteiger partial charge in [0.15, 0.2) is 5.78 Å². The Labute approximate surface area is 761 Å². The summed E-state index contributed by atoms with van der Waals surface area (Å²) in [6.07, 6.45) is 2.56. The van der Waals surface area contributed by atoms with Crippen molar-refractivity contribution in [1.82, 2.24) is 0 Å². The third-order valence-electron chi connectivity index (χ3n) is 20.1. The molecule has 0 radical (unpaired) electrons. The van der Waals surface area contributed by atoms with Crippen molar-refractivity contribution in [2.45, 2.75) is 72.6 Å². The molecule has 1 aliphatic rings. The van der Waals surface area contributed by atoms with Gasteiger partial charge in [-0.3, -0.25) is 4.79 Å². The Morgan fingerprint density at radius 3 is 0.462 bits per heavy atom. The van der Waals surface area contributed by atoms with Crippen LogP contribution in [0.25, 0.3) is 0 Å². The number of hydrogen-bond acceptors (Lipinski definition) is 22. The van der Waals surface area contributed by atoms with Crippen LogP contribution in [0.4, 0.5) is 0 Å². The summed E-state index contributed by atoms with van der Waals surface area (Å²) in [5.74, 6) is -6.72. The molecule has 1 saturated heterocycles. The van der Waals surface area contributed by atoms with Gasteiger partial charge in [-0.2, -0.15) is 0 Å². The Morgan fingerprint density at radius 2 is 0.326 bits per heavy atom. The zero-order valence-corrected chi connectivity index (χ0v) is 71.7. The predicted octanol–water partition coefficient (Wildman–Crippen LogP) is 22.6. The van der Waals surface area contributed by atoms with Crippen molar-refractivity contribution in [2.24, 2.45) is 0 Å². The van der Waals surface area contributed by atoms with E-state index in [0.717, 1.165) is 88.1 Å². The van der Waals surface area contributed by atoms with E-state index in [1.807, 2.05) is 243 Å². The Morgan fingerprint density at radius 1 is 0.189 bits per heavy atom. The molecule has 15 aromatic carbocycles. The molecule has 15 aromatic rings. The van der Waals surface area contributed by atoms with Crippen LogP contribution in [-0.4, -0.2) is 54.8 Å². The van der Waals surface area contributed by atoms with Crippen molar-refractivity contribution in [3.63, 3.8) is 0 Å². The largest absolute Gasteiger partial charge is 0.489 e. The molecule has 0 atom stereocenters. The SMILES string of the molecule is C1CCOC1.CC(=O)c1cc(OC(=O)c2cc(OC(=O)c3cc(OCc4ccccc4)cc(OCc4ccccc4)c3)cc(OC(=O)c3cc(OCc4ccccc4)cc(OCc4ccccc4)c3)c2)cc(OC(=O)c2cc(OC(=O)c3cc(OCc4ccccc4)cc(OCc4ccccc4)c3)cc(OC(=O)c3cc(OCc4ccccc4)cc(OCc4ccccc4)c3)c2)c1. The third kappa shape index (κ3) is 27.3. The van der Waals surface area contributed by atoms with E-state index in [9.17, 15) is 24.0 Å². The fourth-order valence-electron chi connectivity index (χ4n) is 13.4. The highest BCUT2D eigenvalue weighted by atomic mass is 16.6. The second kappa shape index (κ2) is 45.5. The summed E-state index contributed by atoms with van der Waals surface area (Å²) in [5.41, 5.74) is 5.74. The first-order valence-corrected chi connectivity index (χ1v) is 42.4. The van der Waals surface area contributed by atoms with Crippen molar-refractivity contribution in [2.75, 3.05) is 13.2 Å². The van der Waals surface area contributed by atoms with Crippen LogP contribution in [0.1, 0.15) is 137 Å². The zero-order valence-electron chi connectivity index (χ0n) is 71.7. The lowest BCUT2D eigenvalue weighted by Gasteiger charge is -2.15. The molecule has 0 aromatic heterocycles. The smallest absolute Gasteiger partial charge is 0.343 e. The maximum atomic E-state index is 15.0. The standard InChI is InChI=1S/C106H80O21.C4H8O/c1-71(107)80-42-95(122-105(112)85-52-97(124-101(108)81-44-87(114-63-72-26-10-2-11-27-72)56-88(45-81)115-64-73-28-12-3-13-29-73)61-98(53-85)125-102(109)82-46-89(116-65-74-30-14-4-15-31-74)57-90(47-82)117-66-75-32-16-5-17-33-75)60-96(43-80)123-106(113)86-54-99(126-103(110)83-48-91(118-67-76-34-18-6-19-35-76)58-92(49-83)119-68-77-36-20-7-21-37-77)62-100(55-86)127-104(111)84-50-93(120-69-78-38-22-8-23-39-78)59-94(51-84)121-70-79-40-24-9-25-41-79;1-2-4-5-3-1/h2-62H,63-70H2,1H3;1-4H2. The fourth-order valence-corrected chi connectivity index (χ4v) is 13.4. The van der Waals surface area contributed by atoms with E-state index < -0.39 is 41.6 Å². The van der Waals surface area contributed by atoms with Crippen LogP contribution in [0.15, 0.2) is 370 Å². The summed E-state index contributed by atoms with van der Waals surface area (Å²) in [6, 6.07) is 104. The van der Waals surface area contributed by atoms with E-state index in [4.69, 9.17) is 71.1 Å². The van der Waals surface area contributed by atoms with E-state index >= 15 is 9.59 Å². The van der Waals surface area contributed by atoms with Gasteiger partial charge < -0.3 is 71.1 Å². The van der Waals surface area contributed by atoms with Crippen molar-refractivity contribution >= 4 is 41.6 Å². The first kappa shape index (κ1) is 90.0. The number of benzene rings is 15. The molecule has 0 aliphatic carbocycles. The van der Waals surface area contributed by atoms with Crippen LogP contribution >= 0.6 is 0 Å². The third-order valence-corrected chi connectivity index (χ3v) is 20.1. The number of hydrogen-bond donors (Lipinski definition) is 0. The van der Waals surface area contributed by atoms with Gasteiger partial charge in [0.2, 0.25) is 0 Å².